The number of nitrogens with zero attached hydrogens (tertiary/aromatic N) is 2. The minimum atomic E-state index is -0.791. The van der Waals surface area contributed by atoms with Gasteiger partial charge in [-0.3, -0.25) is 14.5 Å². The standard InChI is InChI=1S/C23H20N2O4S/c1-13-14(2)30-23(24-13)25-19(15-9-11-17(29-3)12-10-15)18(21(27)22(25)28)20(26)16-7-5-4-6-8-16/h4-12,19,26H,1-3H3. The Balaban J connectivity index is 1.94. The van der Waals surface area contributed by atoms with E-state index in [0.717, 1.165) is 10.6 Å². The highest BCUT2D eigenvalue weighted by Gasteiger charge is 2.48. The van der Waals surface area contributed by atoms with E-state index in [-0.39, 0.29) is 11.3 Å². The molecule has 0 spiro atoms. The number of hydrogen-bond donors (Lipinski definition) is 1. The first-order valence-corrected chi connectivity index (χ1v) is 10.2. The number of ether oxygens (including phenoxy) is 1. The van der Waals surface area contributed by atoms with Gasteiger partial charge in [-0.25, -0.2) is 4.98 Å². The van der Waals surface area contributed by atoms with Crippen LogP contribution in [0.15, 0.2) is 60.2 Å². The van der Waals surface area contributed by atoms with E-state index in [9.17, 15) is 14.7 Å². The Labute approximate surface area is 178 Å². The summed E-state index contributed by atoms with van der Waals surface area (Å²) in [6.45, 7) is 3.78. The Kier molecular flexibility index (Phi) is 5.13. The summed E-state index contributed by atoms with van der Waals surface area (Å²) in [5, 5.41) is 11.4. The minimum Gasteiger partial charge on any atom is -0.507 e. The van der Waals surface area contributed by atoms with Gasteiger partial charge in [0.25, 0.3) is 5.78 Å². The maximum Gasteiger partial charge on any atom is 0.301 e. The number of thiazole rings is 1. The lowest BCUT2D eigenvalue weighted by atomic mass is 9.95. The van der Waals surface area contributed by atoms with E-state index < -0.39 is 17.7 Å². The summed E-state index contributed by atoms with van der Waals surface area (Å²) >= 11 is 1.35. The van der Waals surface area contributed by atoms with Crippen LogP contribution in [0.1, 0.15) is 27.7 Å². The molecule has 1 aliphatic rings. The molecule has 6 nitrogen and oxygen atoms in total. The molecule has 1 amide bonds. The van der Waals surface area contributed by atoms with Crippen molar-refractivity contribution in [1.82, 2.24) is 4.98 Å². The Bertz CT molecular complexity index is 1130. The van der Waals surface area contributed by atoms with E-state index in [4.69, 9.17) is 4.74 Å². The van der Waals surface area contributed by atoms with Gasteiger partial charge in [-0.2, -0.15) is 0 Å². The Morgan fingerprint density at radius 2 is 1.73 bits per heavy atom. The fourth-order valence-electron chi connectivity index (χ4n) is 3.44. The lowest BCUT2D eigenvalue weighted by Gasteiger charge is -2.23. The van der Waals surface area contributed by atoms with Gasteiger partial charge < -0.3 is 9.84 Å². The number of hydrogen-bond acceptors (Lipinski definition) is 6. The zero-order valence-electron chi connectivity index (χ0n) is 16.7. The number of aliphatic hydroxyl groups excluding tert-OH is 1. The van der Waals surface area contributed by atoms with Gasteiger partial charge in [0.15, 0.2) is 5.13 Å². The number of amides is 1. The molecule has 0 aliphatic carbocycles. The number of carbonyl (C=O) groups excluding carboxylic acids is 2. The second-order valence-corrected chi connectivity index (χ2v) is 8.13. The van der Waals surface area contributed by atoms with Gasteiger partial charge >= 0.3 is 5.91 Å². The van der Waals surface area contributed by atoms with E-state index in [1.807, 2.05) is 19.9 Å². The van der Waals surface area contributed by atoms with E-state index in [2.05, 4.69) is 4.98 Å². The van der Waals surface area contributed by atoms with E-state index in [1.54, 1.807) is 55.6 Å². The average Bonchev–Trinajstić information content (AvgIpc) is 3.23. The highest BCUT2D eigenvalue weighted by atomic mass is 32.1. The Hall–Kier alpha value is -3.45. The van der Waals surface area contributed by atoms with Crippen LogP contribution in [0.3, 0.4) is 0 Å². The number of ketones is 1. The smallest absolute Gasteiger partial charge is 0.301 e. The topological polar surface area (TPSA) is 79.7 Å². The van der Waals surface area contributed by atoms with Crippen LogP contribution in [0, 0.1) is 13.8 Å². The summed E-state index contributed by atoms with van der Waals surface area (Å²) in [5.41, 5.74) is 1.99. The SMILES string of the molecule is COc1ccc(C2C(=C(O)c3ccccc3)C(=O)C(=O)N2c2nc(C)c(C)s2)cc1. The fraction of sp³-hybridized carbons (Fsp3) is 0.174. The molecule has 3 aromatic rings. The minimum absolute atomic E-state index is 0.0434. The highest BCUT2D eigenvalue weighted by Crippen LogP contribution is 2.43. The Morgan fingerprint density at radius 3 is 2.30 bits per heavy atom. The second-order valence-electron chi connectivity index (χ2n) is 6.95. The summed E-state index contributed by atoms with van der Waals surface area (Å²) in [6.07, 6.45) is 0. The molecule has 1 atom stereocenters. The van der Waals surface area contributed by atoms with Crippen LogP contribution < -0.4 is 9.64 Å². The van der Waals surface area contributed by atoms with E-state index in [1.165, 1.54) is 16.2 Å². The molecule has 1 aromatic heterocycles. The molecule has 152 valence electrons. The molecule has 30 heavy (non-hydrogen) atoms. The van der Waals surface area contributed by atoms with Crippen molar-refractivity contribution in [2.75, 3.05) is 12.0 Å². The number of aryl methyl sites for hydroxylation is 2. The number of aliphatic hydroxyl groups is 1. The maximum atomic E-state index is 13.1. The second kappa shape index (κ2) is 7.76. The Morgan fingerprint density at radius 1 is 1.07 bits per heavy atom. The maximum absolute atomic E-state index is 13.1. The summed E-state index contributed by atoms with van der Waals surface area (Å²) in [5.74, 6) is -0.994. The van der Waals surface area contributed by atoms with Crippen molar-refractivity contribution in [3.8, 4) is 5.75 Å². The molecular weight excluding hydrogens is 400 g/mol. The van der Waals surface area contributed by atoms with E-state index >= 15 is 0 Å². The molecule has 1 saturated heterocycles. The molecular formula is C23H20N2O4S. The van der Waals surface area contributed by atoms with Crippen LogP contribution >= 0.6 is 11.3 Å². The number of methoxy groups -OCH3 is 1. The third-order valence-electron chi connectivity index (χ3n) is 5.15. The van der Waals surface area contributed by atoms with Crippen LogP contribution in [-0.4, -0.2) is 28.9 Å². The molecule has 1 aliphatic heterocycles. The molecule has 4 rings (SSSR count). The summed E-state index contributed by atoms with van der Waals surface area (Å²) < 4.78 is 5.23. The number of rotatable bonds is 4. The van der Waals surface area contributed by atoms with Crippen LogP contribution in [0.2, 0.25) is 0 Å². The predicted molar refractivity (Wildman–Crippen MR) is 116 cm³/mol. The summed E-state index contributed by atoms with van der Waals surface area (Å²) in [4.78, 5) is 32.9. The lowest BCUT2D eigenvalue weighted by Crippen LogP contribution is -2.29. The quantitative estimate of drug-likeness (QED) is 0.385. The molecule has 7 heteroatoms. The number of benzene rings is 2. The lowest BCUT2D eigenvalue weighted by molar-refractivity contribution is -0.132. The van der Waals surface area contributed by atoms with Crippen molar-refractivity contribution >= 4 is 33.9 Å². The molecule has 2 heterocycles. The van der Waals surface area contributed by atoms with Crippen LogP contribution in [0.5, 0.6) is 5.75 Å². The van der Waals surface area contributed by atoms with Gasteiger partial charge in [-0.1, -0.05) is 42.5 Å². The number of anilines is 1. The molecule has 0 radical (unpaired) electrons. The van der Waals surface area contributed by atoms with Gasteiger partial charge in [0, 0.05) is 10.4 Å². The molecule has 0 bridgehead atoms. The molecule has 0 saturated carbocycles. The van der Waals surface area contributed by atoms with Crippen molar-refractivity contribution < 1.29 is 19.4 Å². The van der Waals surface area contributed by atoms with Crippen LogP contribution in [-0.2, 0) is 9.59 Å². The van der Waals surface area contributed by atoms with Gasteiger partial charge in [0.2, 0.25) is 0 Å². The average molecular weight is 420 g/mol. The molecule has 1 N–H and O–H groups in total. The van der Waals surface area contributed by atoms with Gasteiger partial charge in [-0.05, 0) is 31.5 Å². The first kappa shape index (κ1) is 19.8. The zero-order chi connectivity index (χ0) is 21.4. The van der Waals surface area contributed by atoms with Crippen LogP contribution in [0.25, 0.3) is 5.76 Å². The largest absolute Gasteiger partial charge is 0.507 e. The summed E-state index contributed by atoms with van der Waals surface area (Å²) in [6, 6.07) is 15.0. The fourth-order valence-corrected chi connectivity index (χ4v) is 4.38. The normalized spacial score (nSPS) is 18.1. The number of Topliss-reactive ketones (excluding diaryl/α,β-unsaturated/α-hetero) is 1. The first-order chi connectivity index (χ1) is 14.4. The molecule has 1 unspecified atom stereocenters. The van der Waals surface area contributed by atoms with Crippen molar-refractivity contribution in [1.29, 1.82) is 0 Å². The third kappa shape index (κ3) is 3.27. The molecule has 1 fully saturated rings. The van der Waals surface area contributed by atoms with Crippen molar-refractivity contribution in [2.45, 2.75) is 19.9 Å². The zero-order valence-corrected chi connectivity index (χ0v) is 17.6. The van der Waals surface area contributed by atoms with Crippen molar-refractivity contribution in [3.63, 3.8) is 0 Å². The number of carbonyl (C=O) groups is 2. The number of aromatic nitrogens is 1. The summed E-state index contributed by atoms with van der Waals surface area (Å²) in [7, 11) is 1.57. The van der Waals surface area contributed by atoms with Gasteiger partial charge in [0.05, 0.1) is 24.4 Å². The van der Waals surface area contributed by atoms with Crippen molar-refractivity contribution in [2.24, 2.45) is 0 Å². The predicted octanol–water partition coefficient (Wildman–Crippen LogP) is 4.39. The highest BCUT2D eigenvalue weighted by molar-refractivity contribution is 7.16. The first-order valence-electron chi connectivity index (χ1n) is 9.36. The van der Waals surface area contributed by atoms with Gasteiger partial charge in [-0.15, -0.1) is 11.3 Å². The van der Waals surface area contributed by atoms with Crippen LogP contribution in [0.4, 0.5) is 5.13 Å². The monoisotopic (exact) mass is 420 g/mol. The molecule has 2 aromatic carbocycles. The van der Waals surface area contributed by atoms with Crippen molar-refractivity contribution in [3.05, 3.63) is 81.9 Å². The third-order valence-corrected chi connectivity index (χ3v) is 6.22. The van der Waals surface area contributed by atoms with E-state index in [0.29, 0.717) is 22.0 Å². The van der Waals surface area contributed by atoms with Gasteiger partial charge in [0.1, 0.15) is 11.5 Å².